The van der Waals surface area contributed by atoms with Crippen LogP contribution >= 0.6 is 0 Å². The Labute approximate surface area is 167 Å². The molecule has 0 aliphatic carbocycles. The summed E-state index contributed by atoms with van der Waals surface area (Å²) in [5.74, 6) is -1.02. The lowest BCUT2D eigenvalue weighted by Gasteiger charge is -2.18. The first kappa shape index (κ1) is 21.2. The van der Waals surface area contributed by atoms with Crippen molar-refractivity contribution in [1.29, 1.82) is 0 Å². The molecule has 0 saturated heterocycles. The van der Waals surface area contributed by atoms with E-state index < -0.39 is 5.97 Å². The topological polar surface area (TPSA) is 46.5 Å². The van der Waals surface area contributed by atoms with Crippen LogP contribution in [0.3, 0.4) is 0 Å². The summed E-state index contributed by atoms with van der Waals surface area (Å²) < 4.78 is 4.93. The van der Waals surface area contributed by atoms with Gasteiger partial charge in [0.15, 0.2) is 0 Å². The molecular formula is C25H28O3. The molecule has 0 aliphatic heterocycles. The van der Waals surface area contributed by atoms with E-state index in [-0.39, 0.29) is 11.0 Å². The van der Waals surface area contributed by atoms with E-state index in [9.17, 15) is 9.90 Å². The van der Waals surface area contributed by atoms with Gasteiger partial charge in [0.1, 0.15) is 5.57 Å². The van der Waals surface area contributed by atoms with Gasteiger partial charge in [-0.25, -0.2) is 4.79 Å². The molecule has 3 heteroatoms. The minimum Gasteiger partial charge on any atom is -0.503 e. The fourth-order valence-electron chi connectivity index (χ4n) is 2.85. The Balaban J connectivity index is 2.27. The van der Waals surface area contributed by atoms with E-state index in [2.05, 4.69) is 51.1 Å². The molecule has 0 unspecified atom stereocenters. The molecule has 2 aromatic carbocycles. The molecule has 0 aliphatic rings. The van der Waals surface area contributed by atoms with Crippen molar-refractivity contribution in [3.05, 3.63) is 88.7 Å². The van der Waals surface area contributed by atoms with Gasteiger partial charge >= 0.3 is 5.97 Å². The van der Waals surface area contributed by atoms with Gasteiger partial charge in [0, 0.05) is 0 Å². The lowest BCUT2D eigenvalue weighted by Crippen LogP contribution is -2.10. The van der Waals surface area contributed by atoms with E-state index in [0.717, 1.165) is 16.7 Å². The van der Waals surface area contributed by atoms with E-state index in [1.54, 1.807) is 6.07 Å². The molecule has 0 amide bonds. The highest BCUT2D eigenvalue weighted by atomic mass is 16.5. The van der Waals surface area contributed by atoms with Crippen LogP contribution in [0.15, 0.2) is 66.4 Å². The zero-order valence-electron chi connectivity index (χ0n) is 17.2. The summed E-state index contributed by atoms with van der Waals surface area (Å²) >= 11 is 0. The molecule has 0 aromatic heterocycles. The van der Waals surface area contributed by atoms with Gasteiger partial charge in [-0.2, -0.15) is 0 Å². The van der Waals surface area contributed by atoms with Crippen LogP contribution in [-0.2, 0) is 14.9 Å². The van der Waals surface area contributed by atoms with Crippen LogP contribution in [-0.4, -0.2) is 18.2 Å². The minimum absolute atomic E-state index is 0.127. The second kappa shape index (κ2) is 9.23. The third kappa shape index (κ3) is 5.71. The molecule has 0 bridgehead atoms. The Morgan fingerprint density at radius 1 is 1.04 bits per heavy atom. The Morgan fingerprint density at radius 3 is 2.25 bits per heavy atom. The van der Waals surface area contributed by atoms with Gasteiger partial charge in [-0.3, -0.25) is 0 Å². The summed E-state index contributed by atoms with van der Waals surface area (Å²) in [7, 11) is 1.44. The van der Waals surface area contributed by atoms with Gasteiger partial charge in [0.25, 0.3) is 0 Å². The second-order valence-electron chi connectivity index (χ2n) is 7.75. The lowest BCUT2D eigenvalue weighted by molar-refractivity contribution is -0.130. The number of rotatable bonds is 6. The molecule has 0 atom stereocenters. The van der Waals surface area contributed by atoms with Gasteiger partial charge in [0.2, 0.25) is 0 Å². The van der Waals surface area contributed by atoms with Crippen LogP contribution in [0.2, 0.25) is 0 Å². The summed E-state index contributed by atoms with van der Waals surface area (Å²) in [4.78, 5) is 11.5. The van der Waals surface area contributed by atoms with E-state index in [0.29, 0.717) is 5.56 Å². The standard InChI is InChI=1S/C25H28O3/c1-18(16-19-11-14-21(15-12-19)25(2,3)4)10-13-20-8-6-7-9-22(20)23(17-28-5)24(26)27/h6-17H,1-5H3,(H,26,27)/b13-10+,18-16+,23-17+. The van der Waals surface area contributed by atoms with Crippen molar-refractivity contribution >= 4 is 23.7 Å². The van der Waals surface area contributed by atoms with Gasteiger partial charge < -0.3 is 9.84 Å². The van der Waals surface area contributed by atoms with E-state index >= 15 is 0 Å². The monoisotopic (exact) mass is 376 g/mol. The van der Waals surface area contributed by atoms with Gasteiger partial charge in [-0.05, 0) is 34.6 Å². The normalized spacial score (nSPS) is 13.0. The Kier molecular flexibility index (Phi) is 7.00. The fourth-order valence-corrected chi connectivity index (χ4v) is 2.85. The van der Waals surface area contributed by atoms with E-state index in [1.807, 2.05) is 37.3 Å². The molecule has 0 radical (unpaired) electrons. The van der Waals surface area contributed by atoms with Crippen molar-refractivity contribution in [2.24, 2.45) is 0 Å². The number of ether oxygens (including phenoxy) is 1. The first-order valence-electron chi connectivity index (χ1n) is 9.25. The lowest BCUT2D eigenvalue weighted by atomic mass is 9.86. The average molecular weight is 376 g/mol. The SMILES string of the molecule is CO/C=C(/C(=O)O)c1ccccc1/C=C/C(C)=C/c1ccc(C(C)(C)C)cc1. The predicted molar refractivity (Wildman–Crippen MR) is 117 cm³/mol. The third-order valence-electron chi connectivity index (χ3n) is 4.41. The number of carboxylic acids is 1. The first-order chi connectivity index (χ1) is 13.2. The zero-order valence-corrected chi connectivity index (χ0v) is 17.2. The number of hydrogen-bond acceptors (Lipinski definition) is 2. The molecule has 28 heavy (non-hydrogen) atoms. The fraction of sp³-hybridized carbons (Fsp3) is 0.240. The molecule has 2 rings (SSSR count). The quantitative estimate of drug-likeness (QED) is 0.372. The molecule has 0 heterocycles. The minimum atomic E-state index is -1.02. The van der Waals surface area contributed by atoms with E-state index in [4.69, 9.17) is 4.74 Å². The molecule has 146 valence electrons. The molecule has 2 aromatic rings. The summed E-state index contributed by atoms with van der Waals surface area (Å²) in [6, 6.07) is 15.9. The van der Waals surface area contributed by atoms with Crippen molar-refractivity contribution in [3.8, 4) is 0 Å². The van der Waals surface area contributed by atoms with Crippen LogP contribution in [0, 0.1) is 0 Å². The van der Waals surface area contributed by atoms with Crippen LogP contribution in [0.5, 0.6) is 0 Å². The van der Waals surface area contributed by atoms with Crippen molar-refractivity contribution in [3.63, 3.8) is 0 Å². The molecule has 0 saturated carbocycles. The largest absolute Gasteiger partial charge is 0.503 e. The number of aliphatic carboxylic acids is 1. The third-order valence-corrected chi connectivity index (χ3v) is 4.41. The second-order valence-corrected chi connectivity index (χ2v) is 7.75. The Hall–Kier alpha value is -3.07. The van der Waals surface area contributed by atoms with Gasteiger partial charge in [0.05, 0.1) is 13.4 Å². The summed E-state index contributed by atoms with van der Waals surface area (Å²) in [6.45, 7) is 8.63. The highest BCUT2D eigenvalue weighted by molar-refractivity contribution is 6.16. The summed E-state index contributed by atoms with van der Waals surface area (Å²) in [5.41, 5.74) is 5.22. The number of methoxy groups -OCH3 is 1. The number of allylic oxidation sites excluding steroid dienone is 2. The molecular weight excluding hydrogens is 348 g/mol. The molecule has 1 N–H and O–H groups in total. The molecule has 3 nitrogen and oxygen atoms in total. The predicted octanol–water partition coefficient (Wildman–Crippen LogP) is 6.17. The summed E-state index contributed by atoms with van der Waals surface area (Å²) in [5, 5.41) is 9.45. The molecule has 0 spiro atoms. The van der Waals surface area contributed by atoms with Crippen molar-refractivity contribution < 1.29 is 14.6 Å². The van der Waals surface area contributed by atoms with Crippen LogP contribution in [0.1, 0.15) is 49.9 Å². The number of hydrogen-bond donors (Lipinski definition) is 1. The first-order valence-corrected chi connectivity index (χ1v) is 9.25. The van der Waals surface area contributed by atoms with Crippen molar-refractivity contribution in [1.82, 2.24) is 0 Å². The van der Waals surface area contributed by atoms with Crippen molar-refractivity contribution in [2.45, 2.75) is 33.1 Å². The van der Waals surface area contributed by atoms with Crippen LogP contribution in [0.25, 0.3) is 17.7 Å². The average Bonchev–Trinajstić information content (AvgIpc) is 2.64. The maximum absolute atomic E-state index is 11.5. The smallest absolute Gasteiger partial charge is 0.339 e. The number of benzene rings is 2. The summed E-state index contributed by atoms with van der Waals surface area (Å²) in [6.07, 6.45) is 7.28. The Morgan fingerprint density at radius 2 is 1.68 bits per heavy atom. The van der Waals surface area contributed by atoms with Crippen molar-refractivity contribution in [2.75, 3.05) is 7.11 Å². The maximum Gasteiger partial charge on any atom is 0.339 e. The maximum atomic E-state index is 11.5. The van der Waals surface area contributed by atoms with Crippen LogP contribution < -0.4 is 0 Å². The Bertz CT molecular complexity index is 908. The number of carbonyl (C=O) groups is 1. The van der Waals surface area contributed by atoms with E-state index in [1.165, 1.54) is 18.9 Å². The number of carboxylic acid groups (broad SMARTS) is 1. The highest BCUT2D eigenvalue weighted by Crippen LogP contribution is 2.24. The highest BCUT2D eigenvalue weighted by Gasteiger charge is 2.14. The van der Waals surface area contributed by atoms with Gasteiger partial charge in [-0.15, -0.1) is 0 Å². The molecule has 0 fully saturated rings. The van der Waals surface area contributed by atoms with Gasteiger partial charge in [-0.1, -0.05) is 93.1 Å². The van der Waals surface area contributed by atoms with Crippen LogP contribution in [0.4, 0.5) is 0 Å². The zero-order chi connectivity index (χ0) is 20.7.